The zero-order chi connectivity index (χ0) is 15.1. The molecule has 0 bridgehead atoms. The molecule has 1 N–H and O–H groups in total. The van der Waals surface area contributed by atoms with Crippen LogP contribution in [0.1, 0.15) is 16.1 Å². The Kier molecular flexibility index (Phi) is 4.76. The molecule has 6 heteroatoms. The summed E-state index contributed by atoms with van der Waals surface area (Å²) >= 11 is 0. The van der Waals surface area contributed by atoms with Gasteiger partial charge in [0.05, 0.1) is 13.4 Å². The highest BCUT2D eigenvalue weighted by atomic mass is 16.7. The van der Waals surface area contributed by atoms with Crippen molar-refractivity contribution in [2.24, 2.45) is 0 Å². The SMILES string of the molecule is COc1ccc(C(=O)NOC(=O)C=Cc2ccco2)cc1. The predicted molar refractivity (Wildman–Crippen MR) is 74.3 cm³/mol. The molecule has 21 heavy (non-hydrogen) atoms. The highest BCUT2D eigenvalue weighted by Gasteiger charge is 2.07. The number of methoxy groups -OCH3 is 1. The Morgan fingerprint density at radius 1 is 1.19 bits per heavy atom. The minimum Gasteiger partial charge on any atom is -0.497 e. The predicted octanol–water partition coefficient (Wildman–Crippen LogP) is 2.19. The van der Waals surface area contributed by atoms with Gasteiger partial charge in [-0.15, -0.1) is 0 Å². The maximum atomic E-state index is 11.7. The summed E-state index contributed by atoms with van der Waals surface area (Å²) in [5, 5.41) is 0. The minimum absolute atomic E-state index is 0.346. The fourth-order valence-corrected chi connectivity index (χ4v) is 1.47. The van der Waals surface area contributed by atoms with Crippen LogP contribution in [-0.4, -0.2) is 19.0 Å². The number of hydroxylamine groups is 1. The van der Waals surface area contributed by atoms with E-state index in [1.165, 1.54) is 19.4 Å². The summed E-state index contributed by atoms with van der Waals surface area (Å²) in [5.74, 6) is -0.107. The van der Waals surface area contributed by atoms with Crippen LogP contribution in [0.5, 0.6) is 5.75 Å². The molecule has 0 atom stereocenters. The maximum Gasteiger partial charge on any atom is 0.355 e. The van der Waals surface area contributed by atoms with Gasteiger partial charge in [0.2, 0.25) is 0 Å². The van der Waals surface area contributed by atoms with Crippen molar-refractivity contribution >= 4 is 18.0 Å². The van der Waals surface area contributed by atoms with Gasteiger partial charge in [-0.25, -0.2) is 4.79 Å². The molecule has 0 aliphatic heterocycles. The second-order valence-corrected chi connectivity index (χ2v) is 3.93. The Morgan fingerprint density at radius 2 is 1.95 bits per heavy atom. The number of rotatable bonds is 4. The molecule has 0 spiro atoms. The van der Waals surface area contributed by atoms with Crippen LogP contribution in [0.2, 0.25) is 0 Å². The van der Waals surface area contributed by atoms with Gasteiger partial charge >= 0.3 is 5.97 Å². The monoisotopic (exact) mass is 287 g/mol. The van der Waals surface area contributed by atoms with Gasteiger partial charge < -0.3 is 14.0 Å². The molecule has 0 saturated heterocycles. The number of benzene rings is 1. The number of ether oxygens (including phenoxy) is 1. The summed E-state index contributed by atoms with van der Waals surface area (Å²) in [6.07, 6.45) is 4.06. The Labute approximate surface area is 120 Å². The molecule has 0 radical (unpaired) electrons. The normalized spacial score (nSPS) is 10.3. The van der Waals surface area contributed by atoms with Crippen LogP contribution >= 0.6 is 0 Å². The van der Waals surface area contributed by atoms with Crippen molar-refractivity contribution in [3.05, 3.63) is 60.1 Å². The van der Waals surface area contributed by atoms with E-state index in [1.807, 2.05) is 0 Å². The molecule has 108 valence electrons. The molecule has 0 fully saturated rings. The molecular weight excluding hydrogens is 274 g/mol. The molecule has 1 heterocycles. The Bertz CT molecular complexity index is 629. The average Bonchev–Trinajstić information content (AvgIpc) is 3.04. The standard InChI is InChI=1S/C15H13NO5/c1-19-12-6-4-11(5-7-12)15(18)16-21-14(17)9-8-13-3-2-10-20-13/h2-10H,1H3,(H,16,18). The summed E-state index contributed by atoms with van der Waals surface area (Å²) in [4.78, 5) is 27.7. The third-order valence-corrected chi connectivity index (χ3v) is 2.52. The van der Waals surface area contributed by atoms with Crippen molar-refractivity contribution in [1.29, 1.82) is 0 Å². The number of carbonyl (C=O) groups is 2. The van der Waals surface area contributed by atoms with Gasteiger partial charge in [-0.05, 0) is 42.5 Å². The van der Waals surface area contributed by atoms with Crippen molar-refractivity contribution in [3.8, 4) is 5.75 Å². The molecule has 2 rings (SSSR count). The first kappa shape index (κ1) is 14.4. The van der Waals surface area contributed by atoms with Crippen LogP contribution < -0.4 is 10.2 Å². The van der Waals surface area contributed by atoms with Gasteiger partial charge in [0.1, 0.15) is 11.5 Å². The van der Waals surface area contributed by atoms with E-state index in [9.17, 15) is 9.59 Å². The largest absolute Gasteiger partial charge is 0.497 e. The number of hydrogen-bond acceptors (Lipinski definition) is 5. The molecule has 1 aromatic heterocycles. The zero-order valence-electron chi connectivity index (χ0n) is 11.2. The van der Waals surface area contributed by atoms with Crippen LogP contribution in [0.4, 0.5) is 0 Å². The molecule has 1 amide bonds. The second-order valence-electron chi connectivity index (χ2n) is 3.93. The zero-order valence-corrected chi connectivity index (χ0v) is 11.2. The van der Waals surface area contributed by atoms with E-state index in [0.29, 0.717) is 17.1 Å². The quantitative estimate of drug-likeness (QED) is 0.689. The molecule has 1 aromatic carbocycles. The van der Waals surface area contributed by atoms with Crippen LogP contribution in [0.3, 0.4) is 0 Å². The highest BCUT2D eigenvalue weighted by Crippen LogP contribution is 2.11. The van der Waals surface area contributed by atoms with E-state index in [2.05, 4.69) is 10.3 Å². The van der Waals surface area contributed by atoms with Crippen molar-refractivity contribution < 1.29 is 23.6 Å². The van der Waals surface area contributed by atoms with E-state index in [-0.39, 0.29) is 0 Å². The molecule has 6 nitrogen and oxygen atoms in total. The van der Waals surface area contributed by atoms with Gasteiger partial charge in [-0.3, -0.25) is 4.79 Å². The van der Waals surface area contributed by atoms with Crippen molar-refractivity contribution in [3.63, 3.8) is 0 Å². The molecule has 0 saturated carbocycles. The fourth-order valence-electron chi connectivity index (χ4n) is 1.47. The summed E-state index contributed by atoms with van der Waals surface area (Å²) < 4.78 is 9.99. The third kappa shape index (κ3) is 4.24. The second kappa shape index (κ2) is 6.95. The molecule has 0 unspecified atom stereocenters. The molecular formula is C15H13NO5. The Balaban J connectivity index is 1.84. The first-order valence-electron chi connectivity index (χ1n) is 6.06. The third-order valence-electron chi connectivity index (χ3n) is 2.52. The molecule has 0 aliphatic rings. The van der Waals surface area contributed by atoms with Crippen LogP contribution in [-0.2, 0) is 9.63 Å². The van der Waals surface area contributed by atoms with E-state index in [4.69, 9.17) is 9.15 Å². The van der Waals surface area contributed by atoms with Gasteiger partial charge in [0.15, 0.2) is 0 Å². The number of carbonyl (C=O) groups excluding carboxylic acids is 2. The van der Waals surface area contributed by atoms with Crippen molar-refractivity contribution in [1.82, 2.24) is 5.48 Å². The topological polar surface area (TPSA) is 77.8 Å². The average molecular weight is 287 g/mol. The number of nitrogens with one attached hydrogen (secondary N) is 1. The van der Waals surface area contributed by atoms with Gasteiger partial charge in [-0.1, -0.05) is 0 Å². The molecule has 0 aliphatic carbocycles. The summed E-state index contributed by atoms with van der Waals surface area (Å²) in [5.41, 5.74) is 2.40. The smallest absolute Gasteiger partial charge is 0.355 e. The van der Waals surface area contributed by atoms with Crippen molar-refractivity contribution in [2.75, 3.05) is 7.11 Å². The van der Waals surface area contributed by atoms with Crippen LogP contribution in [0, 0.1) is 0 Å². The lowest BCUT2D eigenvalue weighted by Crippen LogP contribution is -2.26. The van der Waals surface area contributed by atoms with E-state index in [0.717, 1.165) is 6.08 Å². The van der Waals surface area contributed by atoms with Gasteiger partial charge in [-0.2, -0.15) is 5.48 Å². The lowest BCUT2D eigenvalue weighted by Gasteiger charge is -2.04. The first-order valence-corrected chi connectivity index (χ1v) is 6.06. The summed E-state index contributed by atoms with van der Waals surface area (Å²) in [6.45, 7) is 0. The number of amides is 1. The van der Waals surface area contributed by atoms with Gasteiger partial charge in [0, 0.05) is 11.6 Å². The summed E-state index contributed by atoms with van der Waals surface area (Å²) in [7, 11) is 1.53. The Hall–Kier alpha value is -3.02. The number of furan rings is 1. The van der Waals surface area contributed by atoms with Crippen LogP contribution in [0.25, 0.3) is 6.08 Å². The van der Waals surface area contributed by atoms with E-state index in [1.54, 1.807) is 36.4 Å². The van der Waals surface area contributed by atoms with Gasteiger partial charge in [0.25, 0.3) is 5.91 Å². The fraction of sp³-hybridized carbons (Fsp3) is 0.0667. The Morgan fingerprint density at radius 3 is 2.57 bits per heavy atom. The minimum atomic E-state index is -0.715. The lowest BCUT2D eigenvalue weighted by atomic mass is 10.2. The maximum absolute atomic E-state index is 11.7. The first-order chi connectivity index (χ1) is 10.2. The lowest BCUT2D eigenvalue weighted by molar-refractivity contribution is -0.142. The highest BCUT2D eigenvalue weighted by molar-refractivity contribution is 5.95. The van der Waals surface area contributed by atoms with E-state index < -0.39 is 11.9 Å². The van der Waals surface area contributed by atoms with Crippen LogP contribution in [0.15, 0.2) is 53.2 Å². The molecule has 2 aromatic rings. The number of hydrogen-bond donors (Lipinski definition) is 1. The summed E-state index contributed by atoms with van der Waals surface area (Å²) in [6, 6.07) is 9.75. The van der Waals surface area contributed by atoms with E-state index >= 15 is 0 Å². The van der Waals surface area contributed by atoms with Crippen molar-refractivity contribution in [2.45, 2.75) is 0 Å².